The fourth-order valence-corrected chi connectivity index (χ4v) is 2.93. The Morgan fingerprint density at radius 3 is 2.24 bits per heavy atom. The number of nitrogens with zero attached hydrogens (tertiary/aromatic N) is 2. The van der Waals surface area contributed by atoms with Crippen LogP contribution in [0.1, 0.15) is 32.3 Å². The Balaban J connectivity index is 1.71. The average molecular weight is 287 g/mol. The highest BCUT2D eigenvalue weighted by Crippen LogP contribution is 2.23. The minimum Gasteiger partial charge on any atom is -0.372 e. The van der Waals surface area contributed by atoms with Crippen molar-refractivity contribution in [3.05, 3.63) is 29.8 Å². The van der Waals surface area contributed by atoms with E-state index in [0.717, 1.165) is 18.7 Å². The number of carbonyl (C=O) groups is 2. The monoisotopic (exact) mass is 287 g/mol. The second-order valence-electron chi connectivity index (χ2n) is 6.31. The summed E-state index contributed by atoms with van der Waals surface area (Å²) < 4.78 is 0. The van der Waals surface area contributed by atoms with Gasteiger partial charge in [-0.25, -0.2) is 4.79 Å². The molecule has 5 heteroatoms. The maximum atomic E-state index is 12.2. The van der Waals surface area contributed by atoms with Crippen LogP contribution in [0, 0.1) is 0 Å². The summed E-state index contributed by atoms with van der Waals surface area (Å²) in [5, 5.41) is 2.70. The zero-order valence-electron chi connectivity index (χ0n) is 12.6. The van der Waals surface area contributed by atoms with E-state index in [2.05, 4.69) is 22.3 Å². The zero-order valence-corrected chi connectivity index (χ0v) is 12.6. The Morgan fingerprint density at radius 2 is 1.71 bits per heavy atom. The summed E-state index contributed by atoms with van der Waals surface area (Å²) in [5.74, 6) is -0.170. The zero-order chi connectivity index (χ0) is 15.0. The summed E-state index contributed by atoms with van der Waals surface area (Å²) in [7, 11) is 0. The first-order chi connectivity index (χ1) is 9.97. The Labute approximate surface area is 124 Å². The van der Waals surface area contributed by atoms with Crippen LogP contribution in [0.5, 0.6) is 0 Å². The predicted molar refractivity (Wildman–Crippen MR) is 81.0 cm³/mol. The molecule has 0 bridgehead atoms. The van der Waals surface area contributed by atoms with Crippen LogP contribution in [0.3, 0.4) is 0 Å². The number of hydrogen-bond acceptors (Lipinski definition) is 3. The number of hydrogen-bond donors (Lipinski definition) is 1. The van der Waals surface area contributed by atoms with Crippen molar-refractivity contribution in [1.29, 1.82) is 0 Å². The molecule has 2 aliphatic heterocycles. The molecular formula is C16H21N3O2. The molecule has 0 saturated carbocycles. The van der Waals surface area contributed by atoms with Gasteiger partial charge in [0.25, 0.3) is 5.91 Å². The minimum atomic E-state index is -0.799. The van der Waals surface area contributed by atoms with Crippen molar-refractivity contribution < 1.29 is 9.59 Å². The first-order valence-corrected chi connectivity index (χ1v) is 7.45. The van der Waals surface area contributed by atoms with Gasteiger partial charge in [-0.15, -0.1) is 0 Å². The van der Waals surface area contributed by atoms with Gasteiger partial charge in [0.1, 0.15) is 5.54 Å². The first-order valence-electron chi connectivity index (χ1n) is 7.45. The SMILES string of the molecule is CC1(C)NC(=O)N(Cc2ccc(N3CCCC3)cc2)C1=O. The predicted octanol–water partition coefficient (Wildman–Crippen LogP) is 2.12. The molecule has 5 nitrogen and oxygen atoms in total. The van der Waals surface area contributed by atoms with Crippen molar-refractivity contribution in [3.8, 4) is 0 Å². The topological polar surface area (TPSA) is 52.7 Å². The van der Waals surface area contributed by atoms with Crippen molar-refractivity contribution in [2.75, 3.05) is 18.0 Å². The minimum absolute atomic E-state index is 0.170. The number of urea groups is 1. The van der Waals surface area contributed by atoms with Gasteiger partial charge in [-0.1, -0.05) is 12.1 Å². The summed E-state index contributed by atoms with van der Waals surface area (Å²) in [6.45, 7) is 6.00. The van der Waals surface area contributed by atoms with E-state index in [1.165, 1.54) is 23.4 Å². The second-order valence-corrected chi connectivity index (χ2v) is 6.31. The number of anilines is 1. The molecule has 21 heavy (non-hydrogen) atoms. The lowest BCUT2D eigenvalue weighted by Crippen LogP contribution is -2.40. The molecule has 0 spiro atoms. The van der Waals surface area contributed by atoms with E-state index < -0.39 is 5.54 Å². The van der Waals surface area contributed by atoms with E-state index in [1.54, 1.807) is 13.8 Å². The molecule has 0 aliphatic carbocycles. The summed E-state index contributed by atoms with van der Waals surface area (Å²) in [6, 6.07) is 7.83. The third-order valence-corrected chi connectivity index (χ3v) is 4.19. The molecule has 3 amide bonds. The smallest absolute Gasteiger partial charge is 0.325 e. The van der Waals surface area contributed by atoms with Crippen LogP contribution in [0.15, 0.2) is 24.3 Å². The maximum Gasteiger partial charge on any atom is 0.325 e. The first kappa shape index (κ1) is 13.9. The van der Waals surface area contributed by atoms with Crippen LogP contribution in [0.4, 0.5) is 10.5 Å². The van der Waals surface area contributed by atoms with Gasteiger partial charge in [0.05, 0.1) is 6.54 Å². The van der Waals surface area contributed by atoms with Crippen LogP contribution in [0.2, 0.25) is 0 Å². The number of rotatable bonds is 3. The van der Waals surface area contributed by atoms with Gasteiger partial charge in [-0.05, 0) is 44.4 Å². The highest BCUT2D eigenvalue weighted by molar-refractivity contribution is 6.06. The summed E-state index contributed by atoms with van der Waals surface area (Å²) in [4.78, 5) is 27.7. The van der Waals surface area contributed by atoms with E-state index in [9.17, 15) is 9.59 Å². The summed E-state index contributed by atoms with van der Waals surface area (Å²) in [6.07, 6.45) is 2.50. The van der Waals surface area contributed by atoms with Crippen LogP contribution in [0.25, 0.3) is 0 Å². The van der Waals surface area contributed by atoms with E-state index >= 15 is 0 Å². The molecular weight excluding hydrogens is 266 g/mol. The third-order valence-electron chi connectivity index (χ3n) is 4.19. The number of carbonyl (C=O) groups excluding carboxylic acids is 2. The number of nitrogens with one attached hydrogen (secondary N) is 1. The molecule has 112 valence electrons. The Kier molecular flexibility index (Phi) is 3.35. The van der Waals surface area contributed by atoms with Crippen molar-refractivity contribution in [1.82, 2.24) is 10.2 Å². The maximum absolute atomic E-state index is 12.2. The quantitative estimate of drug-likeness (QED) is 0.866. The fraction of sp³-hybridized carbons (Fsp3) is 0.500. The molecule has 0 radical (unpaired) electrons. The van der Waals surface area contributed by atoms with Crippen molar-refractivity contribution >= 4 is 17.6 Å². The van der Waals surface area contributed by atoms with Crippen LogP contribution >= 0.6 is 0 Å². The van der Waals surface area contributed by atoms with Gasteiger partial charge in [-0.3, -0.25) is 9.69 Å². The van der Waals surface area contributed by atoms with E-state index in [4.69, 9.17) is 0 Å². The fourth-order valence-electron chi connectivity index (χ4n) is 2.93. The summed E-state index contributed by atoms with van der Waals surface area (Å²) in [5.41, 5.74) is 1.39. The number of amides is 3. The number of benzene rings is 1. The molecule has 2 fully saturated rings. The van der Waals surface area contributed by atoms with Crippen molar-refractivity contribution in [2.45, 2.75) is 38.8 Å². The molecule has 0 aromatic heterocycles. The highest BCUT2D eigenvalue weighted by atomic mass is 16.2. The van der Waals surface area contributed by atoms with Crippen molar-refractivity contribution in [2.24, 2.45) is 0 Å². The van der Waals surface area contributed by atoms with Crippen LogP contribution in [-0.4, -0.2) is 35.5 Å². The molecule has 2 heterocycles. The van der Waals surface area contributed by atoms with E-state index in [1.807, 2.05) is 12.1 Å². The largest absolute Gasteiger partial charge is 0.372 e. The third kappa shape index (κ3) is 2.60. The lowest BCUT2D eigenvalue weighted by molar-refractivity contribution is -0.130. The molecule has 1 aromatic carbocycles. The van der Waals surface area contributed by atoms with Gasteiger partial charge in [-0.2, -0.15) is 0 Å². The Hall–Kier alpha value is -2.04. The molecule has 2 aliphatic rings. The average Bonchev–Trinajstić information content (AvgIpc) is 3.03. The van der Waals surface area contributed by atoms with E-state index in [-0.39, 0.29) is 11.9 Å². The Morgan fingerprint density at radius 1 is 1.10 bits per heavy atom. The highest BCUT2D eigenvalue weighted by Gasteiger charge is 2.43. The Bertz CT molecular complexity index is 559. The molecule has 1 N–H and O–H groups in total. The van der Waals surface area contributed by atoms with Crippen LogP contribution < -0.4 is 10.2 Å². The lowest BCUT2D eigenvalue weighted by Gasteiger charge is -2.19. The molecule has 1 aromatic rings. The van der Waals surface area contributed by atoms with Gasteiger partial charge < -0.3 is 10.2 Å². The number of imide groups is 1. The van der Waals surface area contributed by atoms with Gasteiger partial charge >= 0.3 is 6.03 Å². The van der Waals surface area contributed by atoms with Gasteiger partial charge in [0, 0.05) is 18.8 Å². The van der Waals surface area contributed by atoms with E-state index in [0.29, 0.717) is 6.54 Å². The molecule has 3 rings (SSSR count). The van der Waals surface area contributed by atoms with Crippen LogP contribution in [-0.2, 0) is 11.3 Å². The standard InChI is InChI=1S/C16H21N3O2/c1-16(2)14(20)19(15(21)17-16)11-12-5-7-13(8-6-12)18-9-3-4-10-18/h5-8H,3-4,9-11H2,1-2H3,(H,17,21). The molecule has 0 atom stereocenters. The summed E-state index contributed by atoms with van der Waals surface area (Å²) >= 11 is 0. The lowest BCUT2D eigenvalue weighted by atomic mass is 10.1. The normalized spacial score (nSPS) is 21.0. The van der Waals surface area contributed by atoms with Crippen molar-refractivity contribution in [3.63, 3.8) is 0 Å². The van der Waals surface area contributed by atoms with Gasteiger partial charge in [0.15, 0.2) is 0 Å². The second kappa shape index (κ2) is 5.06. The molecule has 0 unspecified atom stereocenters. The molecule has 2 saturated heterocycles. The van der Waals surface area contributed by atoms with Gasteiger partial charge in [0.2, 0.25) is 0 Å².